The van der Waals surface area contributed by atoms with E-state index in [1.54, 1.807) is 0 Å². The molecule has 0 radical (unpaired) electrons. The third-order valence-corrected chi connectivity index (χ3v) is 4.05. The Morgan fingerprint density at radius 2 is 2.11 bits per heavy atom. The van der Waals surface area contributed by atoms with E-state index in [1.807, 2.05) is 24.6 Å². The van der Waals surface area contributed by atoms with Gasteiger partial charge in [0.2, 0.25) is 0 Å². The maximum atomic E-state index is 3.24. The Hall–Kier alpha value is -2.37. The van der Waals surface area contributed by atoms with Crippen molar-refractivity contribution in [1.29, 1.82) is 0 Å². The van der Waals surface area contributed by atoms with Gasteiger partial charge in [-0.25, -0.2) is 5.01 Å². The largest absolute Gasteiger partial charge is 0.418 e. The highest BCUT2D eigenvalue weighted by molar-refractivity contribution is 6.28. The zero-order chi connectivity index (χ0) is 11.9. The number of nitrogens with one attached hydrogen (secondary N) is 1. The molecule has 0 atom stereocenters. The smallest absolute Gasteiger partial charge is 0.348 e. The summed E-state index contributed by atoms with van der Waals surface area (Å²) in [4.78, 5) is 0. The van der Waals surface area contributed by atoms with Gasteiger partial charge in [0.25, 0.3) is 0 Å². The molecule has 1 N–H and O–H groups in total. The second-order valence-corrected chi connectivity index (χ2v) is 5.01. The first kappa shape index (κ1) is 9.64. The molecule has 2 aromatic heterocycles. The van der Waals surface area contributed by atoms with Crippen LogP contribution < -0.4 is 19.6 Å². The molecule has 4 heterocycles. The molecule has 8 heteroatoms. The predicted octanol–water partition coefficient (Wildman–Crippen LogP) is -2.68. The van der Waals surface area contributed by atoms with Gasteiger partial charge in [0.15, 0.2) is 0 Å². The van der Waals surface area contributed by atoms with Crippen LogP contribution in [0.5, 0.6) is 0 Å². The number of hydrazine groups is 1. The molecule has 0 fully saturated rings. The Kier molecular flexibility index (Phi) is 1.91. The van der Waals surface area contributed by atoms with E-state index < -0.39 is 7.55 Å². The van der Waals surface area contributed by atoms with Gasteiger partial charge in [-0.2, -0.15) is 0 Å². The van der Waals surface area contributed by atoms with E-state index in [4.69, 9.17) is 0 Å². The van der Waals surface area contributed by atoms with Gasteiger partial charge in [0.05, 0.1) is 0 Å². The summed E-state index contributed by atoms with van der Waals surface area (Å²) in [5.41, 5.74) is 3.24. The van der Waals surface area contributed by atoms with E-state index in [9.17, 15) is 0 Å². The average molecular weight is 240 g/mol. The Balaban J connectivity index is 1.74. The molecule has 2 aliphatic rings. The molecule has 4 rings (SSSR count). The molecule has 0 bridgehead atoms. The SMILES string of the molecule is [BH2-]1n2c(N3C=CC=CN3)cc[n+]2[BH2-]n2ccc[n+]21. The monoisotopic (exact) mass is 240 g/mol. The summed E-state index contributed by atoms with van der Waals surface area (Å²) in [5, 5.41) is 2.06. The minimum atomic E-state index is -0.396. The predicted molar refractivity (Wildman–Crippen MR) is 71.8 cm³/mol. The fourth-order valence-electron chi connectivity index (χ4n) is 3.04. The van der Waals surface area contributed by atoms with Gasteiger partial charge in [-0.05, 0) is 12.2 Å². The molecule has 2 aliphatic heterocycles. The van der Waals surface area contributed by atoms with Crippen LogP contribution in [0.2, 0.25) is 0 Å². The summed E-state index contributed by atoms with van der Waals surface area (Å²) in [6.45, 7) is 0. The van der Waals surface area contributed by atoms with Crippen LogP contribution in [-0.4, -0.2) is 24.3 Å². The zero-order valence-electron chi connectivity index (χ0n) is 10.4. The van der Waals surface area contributed by atoms with Crippen molar-refractivity contribution in [3.05, 3.63) is 55.3 Å². The molecule has 2 aromatic rings. The highest BCUT2D eigenvalue weighted by Gasteiger charge is 2.21. The first-order valence-electron chi connectivity index (χ1n) is 6.47. The van der Waals surface area contributed by atoms with Crippen LogP contribution >= 0.6 is 0 Å². The van der Waals surface area contributed by atoms with Gasteiger partial charge in [-0.1, -0.05) is 0 Å². The van der Waals surface area contributed by atoms with Crippen molar-refractivity contribution >= 4 is 20.9 Å². The lowest BCUT2D eigenvalue weighted by molar-refractivity contribution is -0.689. The topological polar surface area (TPSA) is 32.9 Å². The highest BCUT2D eigenvalue weighted by atomic mass is 15.6. The lowest BCUT2D eigenvalue weighted by atomic mass is 10.1. The molecule has 18 heavy (non-hydrogen) atoms. The van der Waals surface area contributed by atoms with Crippen molar-refractivity contribution in [1.82, 2.24) is 14.6 Å². The molecular weight excluding hydrogens is 226 g/mol. The summed E-state index contributed by atoms with van der Waals surface area (Å²) < 4.78 is 9.52. The van der Waals surface area contributed by atoms with Gasteiger partial charge < -0.3 is 19.2 Å². The van der Waals surface area contributed by atoms with Gasteiger partial charge in [0.1, 0.15) is 18.2 Å². The van der Waals surface area contributed by atoms with Gasteiger partial charge >= 0.3 is 15.1 Å². The second-order valence-electron chi connectivity index (χ2n) is 5.01. The van der Waals surface area contributed by atoms with Crippen LogP contribution in [-0.2, 0) is 0 Å². The van der Waals surface area contributed by atoms with E-state index in [1.165, 1.54) is 5.82 Å². The Morgan fingerprint density at radius 1 is 1.11 bits per heavy atom. The Labute approximate surface area is 106 Å². The fraction of sp³-hybridized carbons (Fsp3) is 0. The number of fused-ring (bicyclic) bond motifs is 2. The number of nitrogens with zero attached hydrogens (tertiary/aromatic N) is 5. The van der Waals surface area contributed by atoms with E-state index in [2.05, 4.69) is 59.5 Å². The minimum absolute atomic E-state index is 0.339. The zero-order valence-corrected chi connectivity index (χ0v) is 10.4. The number of aromatic nitrogens is 4. The first-order chi connectivity index (χ1) is 8.92. The van der Waals surface area contributed by atoms with Crippen LogP contribution in [0.3, 0.4) is 0 Å². The molecular formula is C10H14B2N6. The number of hydrogen-bond donors (Lipinski definition) is 1. The molecule has 0 saturated heterocycles. The van der Waals surface area contributed by atoms with Crippen molar-refractivity contribution in [3.63, 3.8) is 0 Å². The average Bonchev–Trinajstić information content (AvgIpc) is 3.02. The standard InChI is InChI=1S/C10H14B2N6/c1-2-6-14(13-5-1)10-4-9-17-11-15-7-3-8-16(15)12-18(10)17/h1-9,13H,11-12H2. The lowest BCUT2D eigenvalue weighted by Gasteiger charge is -2.27. The molecule has 6 nitrogen and oxygen atoms in total. The normalized spacial score (nSPS) is 16.3. The Morgan fingerprint density at radius 3 is 3.00 bits per heavy atom. The fourth-order valence-corrected chi connectivity index (χ4v) is 3.04. The summed E-state index contributed by atoms with van der Waals surface area (Å²) in [7, 11) is -0.735. The summed E-state index contributed by atoms with van der Waals surface area (Å²) in [6, 6.07) is 4.30. The Bertz CT molecular complexity index is 655. The molecule has 0 amide bonds. The molecule has 0 saturated carbocycles. The molecule has 90 valence electrons. The van der Waals surface area contributed by atoms with Crippen molar-refractivity contribution in [2.24, 2.45) is 0 Å². The van der Waals surface area contributed by atoms with Crippen LogP contribution in [0.15, 0.2) is 55.3 Å². The van der Waals surface area contributed by atoms with Crippen LogP contribution in [0.25, 0.3) is 0 Å². The quantitative estimate of drug-likeness (QED) is 0.470. The maximum Gasteiger partial charge on any atom is 0.418 e. The third kappa shape index (κ3) is 1.32. The van der Waals surface area contributed by atoms with Crippen LogP contribution in [0.1, 0.15) is 0 Å². The first-order valence-corrected chi connectivity index (χ1v) is 6.47. The summed E-state index contributed by atoms with van der Waals surface area (Å²) >= 11 is 0. The second kappa shape index (κ2) is 3.56. The summed E-state index contributed by atoms with van der Waals surface area (Å²) in [5.74, 6) is 1.21. The number of anilines is 1. The number of allylic oxidation sites excluding steroid dienone is 2. The van der Waals surface area contributed by atoms with Crippen molar-refractivity contribution in [3.8, 4) is 0 Å². The number of hydrogen-bond acceptors (Lipinski definition) is 2. The highest BCUT2D eigenvalue weighted by Crippen LogP contribution is 2.11. The van der Waals surface area contributed by atoms with Crippen LogP contribution in [0.4, 0.5) is 5.82 Å². The van der Waals surface area contributed by atoms with E-state index in [0.29, 0.717) is 0 Å². The van der Waals surface area contributed by atoms with Crippen molar-refractivity contribution < 1.29 is 9.19 Å². The minimum Gasteiger partial charge on any atom is -0.348 e. The molecule has 0 unspecified atom stereocenters. The lowest BCUT2D eigenvalue weighted by Crippen LogP contribution is -2.70. The van der Waals surface area contributed by atoms with Crippen molar-refractivity contribution in [2.45, 2.75) is 0 Å². The van der Waals surface area contributed by atoms with Crippen LogP contribution in [0, 0.1) is 0 Å². The van der Waals surface area contributed by atoms with Gasteiger partial charge in [-0.3, -0.25) is 4.59 Å². The van der Waals surface area contributed by atoms with E-state index >= 15 is 0 Å². The third-order valence-electron chi connectivity index (χ3n) is 4.05. The van der Waals surface area contributed by atoms with Gasteiger partial charge in [-0.15, -0.1) is 0 Å². The molecule has 0 aromatic carbocycles. The summed E-state index contributed by atoms with van der Waals surface area (Å²) in [6.07, 6.45) is 14.6. The van der Waals surface area contributed by atoms with Gasteiger partial charge in [0, 0.05) is 30.7 Å². The molecule has 0 spiro atoms. The van der Waals surface area contributed by atoms with E-state index in [-0.39, 0.29) is 7.55 Å². The van der Waals surface area contributed by atoms with E-state index in [0.717, 1.165) is 0 Å². The molecule has 0 aliphatic carbocycles. The number of rotatable bonds is 1. The van der Waals surface area contributed by atoms with Crippen molar-refractivity contribution in [2.75, 3.05) is 5.01 Å². The maximum absolute atomic E-state index is 3.24.